The van der Waals surface area contributed by atoms with Gasteiger partial charge in [-0.1, -0.05) is 0 Å². The minimum Gasteiger partial charge on any atom is -0.481 e. The standard InChI is InChI=1S/C9H7BrF3NO2/c10-5-1-3(4(2-14)9(15)16)6(11)8(13)7(5)12/h1,4H,2,14H2,(H,15,16). The largest absolute Gasteiger partial charge is 0.481 e. The number of hydrogen-bond acceptors (Lipinski definition) is 2. The minimum absolute atomic E-state index is 0.346. The van der Waals surface area contributed by atoms with Crippen LogP contribution in [0.4, 0.5) is 13.2 Å². The zero-order valence-electron chi connectivity index (χ0n) is 7.81. The molecule has 1 aromatic rings. The lowest BCUT2D eigenvalue weighted by Gasteiger charge is -2.12. The number of carboxylic acids is 1. The summed E-state index contributed by atoms with van der Waals surface area (Å²) in [5.41, 5.74) is 4.65. The van der Waals surface area contributed by atoms with E-state index in [0.717, 1.165) is 6.07 Å². The van der Waals surface area contributed by atoms with E-state index >= 15 is 0 Å². The fraction of sp³-hybridized carbons (Fsp3) is 0.222. The van der Waals surface area contributed by atoms with Crippen LogP contribution >= 0.6 is 15.9 Å². The van der Waals surface area contributed by atoms with Crippen LogP contribution in [0.25, 0.3) is 0 Å². The minimum atomic E-state index is -1.72. The van der Waals surface area contributed by atoms with E-state index < -0.39 is 41.4 Å². The lowest BCUT2D eigenvalue weighted by Crippen LogP contribution is -2.23. The molecule has 0 amide bonds. The fourth-order valence-electron chi connectivity index (χ4n) is 1.21. The number of aliphatic carboxylic acids is 1. The van der Waals surface area contributed by atoms with Crippen molar-refractivity contribution >= 4 is 21.9 Å². The Labute approximate surface area is 97.2 Å². The average molecular weight is 298 g/mol. The Bertz CT molecular complexity index is 439. The Hall–Kier alpha value is -1.08. The molecule has 0 heterocycles. The smallest absolute Gasteiger partial charge is 0.312 e. The van der Waals surface area contributed by atoms with Crippen LogP contribution in [-0.2, 0) is 4.79 Å². The molecule has 7 heteroatoms. The van der Waals surface area contributed by atoms with E-state index in [1.54, 1.807) is 0 Å². The van der Waals surface area contributed by atoms with Crippen LogP contribution in [-0.4, -0.2) is 17.6 Å². The zero-order valence-corrected chi connectivity index (χ0v) is 9.39. The van der Waals surface area contributed by atoms with Crippen molar-refractivity contribution in [3.8, 4) is 0 Å². The molecule has 0 radical (unpaired) electrons. The number of nitrogens with two attached hydrogens (primary N) is 1. The highest BCUT2D eigenvalue weighted by Gasteiger charge is 2.26. The number of rotatable bonds is 3. The summed E-state index contributed by atoms with van der Waals surface area (Å²) in [5.74, 6) is -7.46. The molecule has 88 valence electrons. The average Bonchev–Trinajstić information content (AvgIpc) is 2.23. The number of benzene rings is 1. The molecule has 0 aromatic heterocycles. The second kappa shape index (κ2) is 4.84. The molecule has 0 aliphatic rings. The molecule has 1 atom stereocenters. The van der Waals surface area contributed by atoms with Gasteiger partial charge in [-0.3, -0.25) is 4.79 Å². The van der Waals surface area contributed by atoms with Gasteiger partial charge in [0.15, 0.2) is 17.5 Å². The van der Waals surface area contributed by atoms with Crippen molar-refractivity contribution < 1.29 is 23.1 Å². The van der Waals surface area contributed by atoms with Gasteiger partial charge in [0, 0.05) is 12.1 Å². The molecule has 0 spiro atoms. The molecule has 16 heavy (non-hydrogen) atoms. The molecule has 1 unspecified atom stereocenters. The van der Waals surface area contributed by atoms with Crippen molar-refractivity contribution in [1.82, 2.24) is 0 Å². The van der Waals surface area contributed by atoms with Gasteiger partial charge in [0.05, 0.1) is 10.4 Å². The summed E-state index contributed by atoms with van der Waals surface area (Å²) in [4.78, 5) is 10.7. The summed E-state index contributed by atoms with van der Waals surface area (Å²) < 4.78 is 38.8. The van der Waals surface area contributed by atoms with Crippen molar-refractivity contribution in [2.75, 3.05) is 6.54 Å². The molecule has 0 fully saturated rings. The molecule has 0 aliphatic heterocycles. The number of hydrogen-bond donors (Lipinski definition) is 2. The van der Waals surface area contributed by atoms with Crippen molar-refractivity contribution in [3.05, 3.63) is 33.6 Å². The Morgan fingerprint density at radius 1 is 1.38 bits per heavy atom. The number of halogens is 4. The summed E-state index contributed by atoms with van der Waals surface area (Å²) in [6.45, 7) is -0.413. The highest BCUT2D eigenvalue weighted by atomic mass is 79.9. The van der Waals surface area contributed by atoms with Gasteiger partial charge >= 0.3 is 5.97 Å². The van der Waals surface area contributed by atoms with Gasteiger partial charge < -0.3 is 10.8 Å². The second-order valence-corrected chi connectivity index (χ2v) is 3.87. The molecular formula is C9H7BrF3NO2. The second-order valence-electron chi connectivity index (χ2n) is 3.02. The first-order chi connectivity index (χ1) is 7.40. The van der Waals surface area contributed by atoms with E-state index in [1.165, 1.54) is 0 Å². The SMILES string of the molecule is NCC(C(=O)O)c1cc(Br)c(F)c(F)c1F. The summed E-state index contributed by atoms with van der Waals surface area (Å²) in [6.07, 6.45) is 0. The van der Waals surface area contributed by atoms with Crippen LogP contribution in [0.3, 0.4) is 0 Å². The van der Waals surface area contributed by atoms with Gasteiger partial charge in [0.1, 0.15) is 0 Å². The zero-order chi connectivity index (χ0) is 12.5. The predicted octanol–water partition coefficient (Wildman–Crippen LogP) is 1.99. The number of carboxylic acid groups (broad SMARTS) is 1. The summed E-state index contributed by atoms with van der Waals surface area (Å²) in [7, 11) is 0. The Balaban J connectivity index is 3.39. The molecule has 1 rings (SSSR count). The van der Waals surface area contributed by atoms with Crippen molar-refractivity contribution in [3.63, 3.8) is 0 Å². The third kappa shape index (κ3) is 2.19. The van der Waals surface area contributed by atoms with E-state index in [2.05, 4.69) is 15.9 Å². The van der Waals surface area contributed by atoms with Gasteiger partial charge in [0.25, 0.3) is 0 Å². The van der Waals surface area contributed by atoms with E-state index in [0.29, 0.717) is 0 Å². The molecule has 0 saturated heterocycles. The Kier molecular flexibility index (Phi) is 3.93. The van der Waals surface area contributed by atoms with Crippen LogP contribution in [0.2, 0.25) is 0 Å². The van der Waals surface area contributed by atoms with Crippen molar-refractivity contribution in [1.29, 1.82) is 0 Å². The highest BCUT2D eigenvalue weighted by molar-refractivity contribution is 9.10. The summed E-state index contributed by atoms with van der Waals surface area (Å²) in [5, 5.41) is 8.72. The van der Waals surface area contributed by atoms with Gasteiger partial charge in [-0.2, -0.15) is 0 Å². The molecule has 3 N–H and O–H groups in total. The molecule has 0 bridgehead atoms. The topological polar surface area (TPSA) is 63.3 Å². The molecule has 0 aliphatic carbocycles. The third-order valence-electron chi connectivity index (χ3n) is 2.04. The van der Waals surface area contributed by atoms with Crippen molar-refractivity contribution in [2.24, 2.45) is 5.73 Å². The monoisotopic (exact) mass is 297 g/mol. The van der Waals surface area contributed by atoms with E-state index in [4.69, 9.17) is 10.8 Å². The molecule has 3 nitrogen and oxygen atoms in total. The molecule has 1 aromatic carbocycles. The first-order valence-corrected chi connectivity index (χ1v) is 4.95. The normalized spacial score (nSPS) is 12.6. The first-order valence-electron chi connectivity index (χ1n) is 4.15. The predicted molar refractivity (Wildman–Crippen MR) is 53.4 cm³/mol. The van der Waals surface area contributed by atoms with Crippen LogP contribution in [0, 0.1) is 17.5 Å². The third-order valence-corrected chi connectivity index (χ3v) is 2.62. The highest BCUT2D eigenvalue weighted by Crippen LogP contribution is 2.28. The summed E-state index contributed by atoms with van der Waals surface area (Å²) in [6, 6.07) is 0.874. The van der Waals surface area contributed by atoms with Crippen LogP contribution < -0.4 is 5.73 Å². The maximum atomic E-state index is 13.3. The van der Waals surface area contributed by atoms with Gasteiger partial charge in [-0.05, 0) is 22.0 Å². The lowest BCUT2D eigenvalue weighted by atomic mass is 9.98. The van der Waals surface area contributed by atoms with E-state index in [1.807, 2.05) is 0 Å². The van der Waals surface area contributed by atoms with Gasteiger partial charge in [0.2, 0.25) is 0 Å². The summed E-state index contributed by atoms with van der Waals surface area (Å²) >= 11 is 2.66. The van der Waals surface area contributed by atoms with Crippen LogP contribution in [0.5, 0.6) is 0 Å². The van der Waals surface area contributed by atoms with E-state index in [9.17, 15) is 18.0 Å². The lowest BCUT2D eigenvalue weighted by molar-refractivity contribution is -0.138. The first kappa shape index (κ1) is 13.0. The number of carbonyl (C=O) groups is 1. The molecular weight excluding hydrogens is 291 g/mol. The van der Waals surface area contributed by atoms with Gasteiger partial charge in [-0.25, -0.2) is 13.2 Å². The van der Waals surface area contributed by atoms with Crippen LogP contribution in [0.15, 0.2) is 10.5 Å². The maximum absolute atomic E-state index is 13.3. The van der Waals surface area contributed by atoms with Crippen molar-refractivity contribution in [2.45, 2.75) is 5.92 Å². The van der Waals surface area contributed by atoms with Crippen LogP contribution in [0.1, 0.15) is 11.5 Å². The van der Waals surface area contributed by atoms with Gasteiger partial charge in [-0.15, -0.1) is 0 Å². The maximum Gasteiger partial charge on any atom is 0.312 e. The Morgan fingerprint density at radius 3 is 2.38 bits per heavy atom. The fourth-order valence-corrected chi connectivity index (χ4v) is 1.63. The molecule has 0 saturated carbocycles. The Morgan fingerprint density at radius 2 is 1.94 bits per heavy atom. The quantitative estimate of drug-likeness (QED) is 0.662. The van der Waals surface area contributed by atoms with E-state index in [-0.39, 0.29) is 4.47 Å².